The molecule has 1 aliphatic rings. The van der Waals surface area contributed by atoms with Gasteiger partial charge in [0, 0.05) is 31.4 Å². The lowest BCUT2D eigenvalue weighted by molar-refractivity contribution is -0.132. The van der Waals surface area contributed by atoms with Gasteiger partial charge in [-0.2, -0.15) is 5.10 Å². The van der Waals surface area contributed by atoms with Crippen LogP contribution in [0.15, 0.2) is 0 Å². The minimum absolute atomic E-state index is 0.225. The Bertz CT molecular complexity index is 492. The van der Waals surface area contributed by atoms with E-state index in [2.05, 4.69) is 12.0 Å². The molecule has 2 rings (SSSR count). The van der Waals surface area contributed by atoms with Crippen molar-refractivity contribution in [1.29, 1.82) is 0 Å². The summed E-state index contributed by atoms with van der Waals surface area (Å²) >= 11 is 0. The van der Waals surface area contributed by atoms with Crippen LogP contribution in [0.2, 0.25) is 0 Å². The molecule has 1 fully saturated rings. The predicted molar refractivity (Wildman–Crippen MR) is 80.6 cm³/mol. The van der Waals surface area contributed by atoms with Gasteiger partial charge in [0.15, 0.2) is 0 Å². The summed E-state index contributed by atoms with van der Waals surface area (Å²) in [5.41, 5.74) is 3.16. The highest BCUT2D eigenvalue weighted by Crippen LogP contribution is 2.28. The fourth-order valence-corrected chi connectivity index (χ4v) is 3.41. The van der Waals surface area contributed by atoms with E-state index in [0.717, 1.165) is 23.4 Å². The molecule has 2 unspecified atom stereocenters. The molecule has 0 saturated heterocycles. The van der Waals surface area contributed by atoms with Gasteiger partial charge in [0.1, 0.15) is 0 Å². The van der Waals surface area contributed by atoms with Crippen LogP contribution < -0.4 is 0 Å². The Morgan fingerprint density at radius 1 is 1.35 bits per heavy atom. The lowest BCUT2D eigenvalue weighted by Gasteiger charge is -2.36. The Labute approximate surface area is 122 Å². The summed E-state index contributed by atoms with van der Waals surface area (Å²) in [6.07, 6.45) is 5.42. The fourth-order valence-electron chi connectivity index (χ4n) is 3.41. The van der Waals surface area contributed by atoms with Gasteiger partial charge in [0.25, 0.3) is 0 Å². The lowest BCUT2D eigenvalue weighted by Crippen LogP contribution is -2.43. The molecule has 4 nitrogen and oxygen atoms in total. The molecule has 0 radical (unpaired) electrons. The summed E-state index contributed by atoms with van der Waals surface area (Å²) < 4.78 is 1.86. The maximum Gasteiger partial charge on any atom is 0.227 e. The van der Waals surface area contributed by atoms with Gasteiger partial charge in [-0.05, 0) is 32.6 Å². The molecule has 1 aliphatic carbocycles. The molecule has 0 aromatic carbocycles. The largest absolute Gasteiger partial charge is 0.342 e. The molecule has 4 heteroatoms. The zero-order valence-electron chi connectivity index (χ0n) is 13.4. The van der Waals surface area contributed by atoms with Crippen molar-refractivity contribution < 1.29 is 4.79 Å². The van der Waals surface area contributed by atoms with Crippen LogP contribution in [0.4, 0.5) is 0 Å². The minimum atomic E-state index is 0.225. The monoisotopic (exact) mass is 277 g/mol. The van der Waals surface area contributed by atoms with E-state index in [0.29, 0.717) is 18.4 Å². The molecule has 1 amide bonds. The van der Waals surface area contributed by atoms with Crippen molar-refractivity contribution >= 4 is 5.91 Å². The summed E-state index contributed by atoms with van der Waals surface area (Å²) in [6.45, 7) is 6.29. The van der Waals surface area contributed by atoms with Gasteiger partial charge >= 0.3 is 0 Å². The molecule has 1 heterocycles. The summed E-state index contributed by atoms with van der Waals surface area (Å²) in [6, 6.07) is 0.411. The van der Waals surface area contributed by atoms with Crippen molar-refractivity contribution in [3.63, 3.8) is 0 Å². The SMILES string of the molecule is Cc1nn(C)c(C)c1CC(=O)N(C)C1CCCCC1C. The summed E-state index contributed by atoms with van der Waals surface area (Å²) in [4.78, 5) is 14.5. The van der Waals surface area contributed by atoms with E-state index in [1.54, 1.807) is 0 Å². The zero-order valence-corrected chi connectivity index (χ0v) is 13.4. The Hall–Kier alpha value is -1.32. The minimum Gasteiger partial charge on any atom is -0.342 e. The third-order valence-corrected chi connectivity index (χ3v) is 4.94. The number of likely N-dealkylation sites (N-methyl/N-ethyl adjacent to an activating group) is 1. The first-order valence-corrected chi connectivity index (χ1v) is 7.66. The third-order valence-electron chi connectivity index (χ3n) is 4.94. The highest BCUT2D eigenvalue weighted by molar-refractivity contribution is 5.79. The molecular weight excluding hydrogens is 250 g/mol. The number of hydrogen-bond acceptors (Lipinski definition) is 2. The van der Waals surface area contributed by atoms with Gasteiger partial charge < -0.3 is 4.90 Å². The fraction of sp³-hybridized carbons (Fsp3) is 0.750. The molecule has 1 aromatic heterocycles. The smallest absolute Gasteiger partial charge is 0.227 e. The number of carbonyl (C=O) groups excluding carboxylic acids is 1. The van der Waals surface area contributed by atoms with Crippen LogP contribution in [0.25, 0.3) is 0 Å². The Morgan fingerprint density at radius 3 is 2.55 bits per heavy atom. The van der Waals surface area contributed by atoms with Gasteiger partial charge in [-0.15, -0.1) is 0 Å². The maximum absolute atomic E-state index is 12.6. The van der Waals surface area contributed by atoms with Crippen LogP contribution in [-0.4, -0.2) is 33.7 Å². The van der Waals surface area contributed by atoms with Crippen molar-refractivity contribution in [3.05, 3.63) is 17.0 Å². The van der Waals surface area contributed by atoms with E-state index in [4.69, 9.17) is 0 Å². The molecule has 1 saturated carbocycles. The van der Waals surface area contributed by atoms with Gasteiger partial charge in [0.2, 0.25) is 5.91 Å². The molecule has 112 valence electrons. The number of aromatic nitrogens is 2. The van der Waals surface area contributed by atoms with Crippen LogP contribution in [0, 0.1) is 19.8 Å². The van der Waals surface area contributed by atoms with E-state index in [9.17, 15) is 4.79 Å². The van der Waals surface area contributed by atoms with Crippen molar-refractivity contribution in [1.82, 2.24) is 14.7 Å². The molecular formula is C16H27N3O. The number of hydrogen-bond donors (Lipinski definition) is 0. The second-order valence-electron chi connectivity index (χ2n) is 6.28. The van der Waals surface area contributed by atoms with Crippen LogP contribution >= 0.6 is 0 Å². The highest BCUT2D eigenvalue weighted by atomic mass is 16.2. The second kappa shape index (κ2) is 5.98. The van der Waals surface area contributed by atoms with Gasteiger partial charge in [-0.3, -0.25) is 9.48 Å². The first kappa shape index (κ1) is 15.1. The molecule has 0 bridgehead atoms. The quantitative estimate of drug-likeness (QED) is 0.852. The molecule has 1 aromatic rings. The van der Waals surface area contributed by atoms with Gasteiger partial charge in [0.05, 0.1) is 12.1 Å². The topological polar surface area (TPSA) is 38.1 Å². The van der Waals surface area contributed by atoms with E-state index in [1.165, 1.54) is 19.3 Å². The highest BCUT2D eigenvalue weighted by Gasteiger charge is 2.28. The summed E-state index contributed by atoms with van der Waals surface area (Å²) in [7, 11) is 3.90. The average molecular weight is 277 g/mol. The number of carbonyl (C=O) groups is 1. The molecule has 2 atom stereocenters. The van der Waals surface area contributed by atoms with Crippen LogP contribution in [0.5, 0.6) is 0 Å². The van der Waals surface area contributed by atoms with Crippen LogP contribution in [0.1, 0.15) is 49.6 Å². The number of rotatable bonds is 3. The van der Waals surface area contributed by atoms with Crippen molar-refractivity contribution in [3.8, 4) is 0 Å². The number of aryl methyl sites for hydroxylation is 2. The molecule has 0 aliphatic heterocycles. The van der Waals surface area contributed by atoms with E-state index >= 15 is 0 Å². The van der Waals surface area contributed by atoms with Crippen molar-refractivity contribution in [2.75, 3.05) is 7.05 Å². The van der Waals surface area contributed by atoms with Gasteiger partial charge in [-0.25, -0.2) is 0 Å². The third kappa shape index (κ3) is 2.89. The Kier molecular flexibility index (Phi) is 4.51. The van der Waals surface area contributed by atoms with Gasteiger partial charge in [-0.1, -0.05) is 19.8 Å². The van der Waals surface area contributed by atoms with Crippen molar-refractivity contribution in [2.24, 2.45) is 13.0 Å². The Morgan fingerprint density at radius 2 is 2.00 bits per heavy atom. The maximum atomic E-state index is 12.6. The van der Waals surface area contributed by atoms with E-state index in [-0.39, 0.29) is 5.91 Å². The lowest BCUT2D eigenvalue weighted by atomic mass is 9.85. The Balaban J connectivity index is 2.07. The molecule has 0 N–H and O–H groups in total. The first-order chi connectivity index (χ1) is 9.41. The first-order valence-electron chi connectivity index (χ1n) is 7.66. The number of nitrogens with zero attached hydrogens (tertiary/aromatic N) is 3. The molecule has 0 spiro atoms. The van der Waals surface area contributed by atoms with Crippen molar-refractivity contribution in [2.45, 2.75) is 58.9 Å². The van der Waals surface area contributed by atoms with Crippen LogP contribution in [0.3, 0.4) is 0 Å². The molecule has 20 heavy (non-hydrogen) atoms. The predicted octanol–water partition coefficient (Wildman–Crippen LogP) is 2.62. The normalized spacial score (nSPS) is 22.9. The summed E-state index contributed by atoms with van der Waals surface area (Å²) in [5, 5.41) is 4.40. The average Bonchev–Trinajstić information content (AvgIpc) is 2.65. The van der Waals surface area contributed by atoms with E-state index < -0.39 is 0 Å². The van der Waals surface area contributed by atoms with Crippen LogP contribution in [-0.2, 0) is 18.3 Å². The van der Waals surface area contributed by atoms with E-state index in [1.807, 2.05) is 37.5 Å². The standard InChI is InChI=1S/C16H27N3O/c1-11-8-6-7-9-15(11)18(4)16(20)10-14-12(2)17-19(5)13(14)3/h11,15H,6-10H2,1-5H3. The second-order valence-corrected chi connectivity index (χ2v) is 6.28. The summed E-state index contributed by atoms with van der Waals surface area (Å²) in [5.74, 6) is 0.844. The number of amides is 1. The zero-order chi connectivity index (χ0) is 14.9.